The Balaban J connectivity index is 1.95. The number of nitro benzene ring substituents is 1. The first kappa shape index (κ1) is 14.7. The van der Waals surface area contributed by atoms with Crippen molar-refractivity contribution in [2.75, 3.05) is 26.2 Å². The zero-order valence-electron chi connectivity index (χ0n) is 11.5. The number of rotatable bonds is 5. The van der Waals surface area contributed by atoms with E-state index in [1.165, 1.54) is 11.0 Å². The van der Waals surface area contributed by atoms with Crippen molar-refractivity contribution in [2.45, 2.75) is 12.8 Å². The fourth-order valence-electron chi connectivity index (χ4n) is 2.74. The maximum absolute atomic E-state index is 10.9. The summed E-state index contributed by atoms with van der Waals surface area (Å²) in [6.07, 6.45) is 6.07. The third-order valence-electron chi connectivity index (χ3n) is 3.82. The van der Waals surface area contributed by atoms with Crippen LogP contribution in [0.5, 0.6) is 0 Å². The molecule has 2 atom stereocenters. The average molecular weight is 277 g/mol. The van der Waals surface area contributed by atoms with Gasteiger partial charge in [-0.05, 0) is 31.1 Å². The van der Waals surface area contributed by atoms with E-state index in [0.717, 1.165) is 32.5 Å². The molecule has 20 heavy (non-hydrogen) atoms. The minimum atomic E-state index is -0.352. The fourth-order valence-corrected chi connectivity index (χ4v) is 2.74. The van der Waals surface area contributed by atoms with Crippen LogP contribution < -0.4 is 4.90 Å². The molecule has 2 rings (SSSR count). The highest BCUT2D eigenvalue weighted by Gasteiger charge is 2.21. The molecule has 0 spiro atoms. The lowest BCUT2D eigenvalue weighted by Crippen LogP contribution is -3.13. The first-order valence-corrected chi connectivity index (χ1v) is 7.05. The Hall–Kier alpha value is -1.72. The van der Waals surface area contributed by atoms with Gasteiger partial charge in [0, 0.05) is 12.0 Å². The number of benzene rings is 1. The molecule has 0 bridgehead atoms. The molecule has 5 nitrogen and oxygen atoms in total. The predicted molar refractivity (Wildman–Crippen MR) is 77.5 cm³/mol. The smallest absolute Gasteiger partial charge is 0.276 e. The third kappa shape index (κ3) is 3.88. The zero-order valence-corrected chi connectivity index (χ0v) is 11.5. The van der Waals surface area contributed by atoms with E-state index < -0.39 is 0 Å². The van der Waals surface area contributed by atoms with Gasteiger partial charge < -0.3 is 10.0 Å². The van der Waals surface area contributed by atoms with Crippen molar-refractivity contribution in [3.8, 4) is 0 Å². The van der Waals surface area contributed by atoms with Crippen molar-refractivity contribution in [3.63, 3.8) is 0 Å². The highest BCUT2D eigenvalue weighted by atomic mass is 16.6. The molecule has 1 aliphatic heterocycles. The molecule has 0 radical (unpaired) electrons. The molecular weight excluding hydrogens is 256 g/mol. The fraction of sp³-hybridized carbons (Fsp3) is 0.467. The number of piperidine rings is 1. The predicted octanol–water partition coefficient (Wildman–Crippen LogP) is 0.895. The van der Waals surface area contributed by atoms with Crippen molar-refractivity contribution < 1.29 is 14.9 Å². The molecule has 1 aromatic rings. The molecule has 1 unspecified atom stereocenters. The summed E-state index contributed by atoms with van der Waals surface area (Å²) in [5, 5.41) is 20.1. The first-order valence-electron chi connectivity index (χ1n) is 7.05. The monoisotopic (exact) mass is 277 g/mol. The second-order valence-electron chi connectivity index (χ2n) is 5.32. The van der Waals surface area contributed by atoms with Crippen molar-refractivity contribution in [1.82, 2.24) is 0 Å². The lowest BCUT2D eigenvalue weighted by atomic mass is 9.99. The number of likely N-dealkylation sites (tertiary alicyclic amines) is 1. The van der Waals surface area contributed by atoms with E-state index in [2.05, 4.69) is 0 Å². The minimum absolute atomic E-state index is 0.144. The second-order valence-corrected chi connectivity index (χ2v) is 5.32. The molecule has 108 valence electrons. The topological polar surface area (TPSA) is 67.8 Å². The van der Waals surface area contributed by atoms with Gasteiger partial charge in [-0.15, -0.1) is 0 Å². The molecule has 0 aromatic heterocycles. The number of para-hydroxylation sites is 1. The summed E-state index contributed by atoms with van der Waals surface area (Å²) in [5.74, 6) is 0.401. The van der Waals surface area contributed by atoms with E-state index in [1.54, 1.807) is 12.1 Å². The van der Waals surface area contributed by atoms with Gasteiger partial charge in [0.15, 0.2) is 0 Å². The van der Waals surface area contributed by atoms with Crippen LogP contribution in [0.25, 0.3) is 6.08 Å². The van der Waals surface area contributed by atoms with Gasteiger partial charge >= 0.3 is 0 Å². The molecule has 1 saturated heterocycles. The number of aliphatic hydroxyl groups excluding tert-OH is 1. The molecule has 0 saturated carbocycles. The van der Waals surface area contributed by atoms with Crippen molar-refractivity contribution >= 4 is 11.8 Å². The van der Waals surface area contributed by atoms with E-state index in [0.29, 0.717) is 11.5 Å². The lowest BCUT2D eigenvalue weighted by Gasteiger charge is -2.27. The van der Waals surface area contributed by atoms with Gasteiger partial charge in [0.1, 0.15) is 0 Å². The molecule has 0 aliphatic carbocycles. The van der Waals surface area contributed by atoms with Crippen LogP contribution in [0.4, 0.5) is 5.69 Å². The maximum atomic E-state index is 10.9. The SMILES string of the molecule is O=[N+]([O-])c1ccccc1/C=C/C[NH+]1CCC[C@H](CO)C1. The van der Waals surface area contributed by atoms with Gasteiger partial charge in [0.05, 0.1) is 36.7 Å². The molecule has 5 heteroatoms. The molecule has 1 heterocycles. The Morgan fingerprint density at radius 2 is 2.25 bits per heavy atom. The van der Waals surface area contributed by atoms with Crippen LogP contribution in [0.2, 0.25) is 0 Å². The number of aliphatic hydroxyl groups is 1. The Morgan fingerprint density at radius 3 is 3.00 bits per heavy atom. The number of nitro groups is 1. The number of quaternary nitrogens is 1. The van der Waals surface area contributed by atoms with Crippen LogP contribution in [0.15, 0.2) is 30.3 Å². The Morgan fingerprint density at radius 1 is 1.45 bits per heavy atom. The third-order valence-corrected chi connectivity index (χ3v) is 3.82. The van der Waals surface area contributed by atoms with E-state index in [9.17, 15) is 15.2 Å². The van der Waals surface area contributed by atoms with Gasteiger partial charge in [-0.2, -0.15) is 0 Å². The average Bonchev–Trinajstić information content (AvgIpc) is 2.48. The van der Waals surface area contributed by atoms with Crippen molar-refractivity contribution in [3.05, 3.63) is 46.0 Å². The van der Waals surface area contributed by atoms with Crippen molar-refractivity contribution in [2.24, 2.45) is 5.92 Å². The van der Waals surface area contributed by atoms with Crippen LogP contribution in [0.3, 0.4) is 0 Å². The molecule has 1 aliphatic rings. The minimum Gasteiger partial charge on any atom is -0.396 e. The van der Waals surface area contributed by atoms with Crippen molar-refractivity contribution in [1.29, 1.82) is 0 Å². The van der Waals surface area contributed by atoms with Gasteiger partial charge in [0.2, 0.25) is 0 Å². The van der Waals surface area contributed by atoms with Gasteiger partial charge in [-0.25, -0.2) is 0 Å². The van der Waals surface area contributed by atoms with Crippen LogP contribution in [-0.2, 0) is 0 Å². The van der Waals surface area contributed by atoms with Crippen LogP contribution in [0.1, 0.15) is 18.4 Å². The molecular formula is C15H21N2O3+. The summed E-state index contributed by atoms with van der Waals surface area (Å²) >= 11 is 0. The van der Waals surface area contributed by atoms with Gasteiger partial charge in [-0.3, -0.25) is 10.1 Å². The lowest BCUT2D eigenvalue weighted by molar-refractivity contribution is -0.903. The summed E-state index contributed by atoms with van der Waals surface area (Å²) in [5.41, 5.74) is 0.790. The molecule has 1 aromatic carbocycles. The maximum Gasteiger partial charge on any atom is 0.276 e. The number of nitrogens with one attached hydrogen (secondary N) is 1. The summed E-state index contributed by atoms with van der Waals surface area (Å²) in [6, 6.07) is 6.77. The van der Waals surface area contributed by atoms with E-state index in [4.69, 9.17) is 0 Å². The van der Waals surface area contributed by atoms with E-state index >= 15 is 0 Å². The molecule has 0 amide bonds. The largest absolute Gasteiger partial charge is 0.396 e. The summed E-state index contributed by atoms with van der Waals surface area (Å²) in [6.45, 7) is 3.20. The zero-order chi connectivity index (χ0) is 14.4. The van der Waals surface area contributed by atoms with Crippen LogP contribution in [0, 0.1) is 16.0 Å². The highest BCUT2D eigenvalue weighted by Crippen LogP contribution is 2.18. The normalized spacial score (nSPS) is 23.1. The van der Waals surface area contributed by atoms with Crippen LogP contribution >= 0.6 is 0 Å². The highest BCUT2D eigenvalue weighted by molar-refractivity contribution is 5.60. The molecule has 1 fully saturated rings. The van der Waals surface area contributed by atoms with Crippen LogP contribution in [-0.4, -0.2) is 36.3 Å². The Bertz CT molecular complexity index is 488. The number of nitrogens with zero attached hydrogens (tertiary/aromatic N) is 1. The summed E-state index contributed by atoms with van der Waals surface area (Å²) in [4.78, 5) is 12.0. The Kier molecular flexibility index (Phi) is 5.26. The standard InChI is InChI=1S/C15H20N2O3/c18-12-13-5-3-9-16(11-13)10-4-7-14-6-1-2-8-15(14)17(19)20/h1-2,4,6-8,13,18H,3,5,9-12H2/p+1/b7-4+/t13-/m0/s1. The summed E-state index contributed by atoms with van der Waals surface area (Å²) < 4.78 is 0. The first-order chi connectivity index (χ1) is 9.70. The quantitative estimate of drug-likeness (QED) is 0.620. The van der Waals surface area contributed by atoms with Gasteiger partial charge in [-0.1, -0.05) is 12.1 Å². The number of hydrogen-bond acceptors (Lipinski definition) is 3. The van der Waals surface area contributed by atoms with E-state index in [1.807, 2.05) is 18.2 Å². The molecule has 2 N–H and O–H groups in total. The second kappa shape index (κ2) is 7.17. The number of hydrogen-bond donors (Lipinski definition) is 2. The van der Waals surface area contributed by atoms with Gasteiger partial charge in [0.25, 0.3) is 5.69 Å². The van der Waals surface area contributed by atoms with E-state index in [-0.39, 0.29) is 17.2 Å². The Labute approximate surface area is 118 Å². The summed E-state index contributed by atoms with van der Waals surface area (Å²) in [7, 11) is 0.